The Balaban J connectivity index is 1.96. The average Bonchev–Trinajstić information content (AvgIpc) is 2.54. The molecule has 1 amide bonds. The fourth-order valence-electron chi connectivity index (χ4n) is 3.79. The molecule has 1 aliphatic heterocycles. The maximum Gasteiger partial charge on any atom is 0.306 e. The quantitative estimate of drug-likeness (QED) is 0.747. The van der Waals surface area contributed by atoms with Gasteiger partial charge in [0.25, 0.3) is 0 Å². The van der Waals surface area contributed by atoms with Crippen LogP contribution in [0, 0.1) is 22.7 Å². The lowest BCUT2D eigenvalue weighted by Gasteiger charge is -2.39. The molecule has 0 aromatic carbocycles. The molecule has 0 bridgehead atoms. The van der Waals surface area contributed by atoms with E-state index >= 15 is 0 Å². The van der Waals surface area contributed by atoms with Crippen molar-refractivity contribution >= 4 is 11.9 Å². The third kappa shape index (κ3) is 4.46. The molecule has 128 valence electrons. The first-order valence-corrected chi connectivity index (χ1v) is 8.87. The Kier molecular flexibility index (Phi) is 6.04. The van der Waals surface area contributed by atoms with E-state index in [0.717, 1.165) is 32.1 Å². The van der Waals surface area contributed by atoms with Crippen molar-refractivity contribution in [2.45, 2.75) is 71.3 Å². The van der Waals surface area contributed by atoms with Gasteiger partial charge >= 0.3 is 5.97 Å². The summed E-state index contributed by atoms with van der Waals surface area (Å²) in [6.07, 6.45) is 6.48. The van der Waals surface area contributed by atoms with Gasteiger partial charge in [0.1, 0.15) is 5.41 Å². The summed E-state index contributed by atoms with van der Waals surface area (Å²) in [4.78, 5) is 26.6. The van der Waals surface area contributed by atoms with E-state index in [0.29, 0.717) is 32.4 Å². The van der Waals surface area contributed by atoms with Crippen LogP contribution < -0.4 is 0 Å². The minimum absolute atomic E-state index is 0.0124. The van der Waals surface area contributed by atoms with Crippen molar-refractivity contribution in [2.75, 3.05) is 13.1 Å². The molecule has 5 nitrogen and oxygen atoms in total. The SMILES string of the molecule is CC(C)OC(=O)C[C@@H]1CCCN(C(=O)C2(C#N)CCCCC2)C1. The predicted octanol–water partition coefficient (Wildman–Crippen LogP) is 3.04. The number of amides is 1. The Hall–Kier alpha value is -1.57. The maximum absolute atomic E-state index is 12.9. The molecular formula is C18H28N2O3. The zero-order valence-electron chi connectivity index (χ0n) is 14.3. The van der Waals surface area contributed by atoms with E-state index in [2.05, 4.69) is 6.07 Å². The van der Waals surface area contributed by atoms with E-state index in [1.807, 2.05) is 18.7 Å². The molecule has 1 saturated heterocycles. The maximum atomic E-state index is 12.9. The zero-order chi connectivity index (χ0) is 16.9. The molecule has 0 aromatic rings. The van der Waals surface area contributed by atoms with Crippen LogP contribution in [-0.2, 0) is 14.3 Å². The van der Waals surface area contributed by atoms with Gasteiger partial charge in [0.15, 0.2) is 0 Å². The van der Waals surface area contributed by atoms with Crippen LogP contribution in [0.5, 0.6) is 0 Å². The van der Waals surface area contributed by atoms with Crippen molar-refractivity contribution in [2.24, 2.45) is 11.3 Å². The summed E-state index contributed by atoms with van der Waals surface area (Å²) in [6, 6.07) is 2.31. The summed E-state index contributed by atoms with van der Waals surface area (Å²) in [5.41, 5.74) is -0.821. The molecule has 0 aromatic heterocycles. The number of esters is 1. The highest BCUT2D eigenvalue weighted by Gasteiger charge is 2.43. The van der Waals surface area contributed by atoms with Crippen molar-refractivity contribution in [3.8, 4) is 6.07 Å². The molecule has 1 aliphatic carbocycles. The number of carbonyl (C=O) groups is 2. The molecule has 0 radical (unpaired) electrons. The highest BCUT2D eigenvalue weighted by atomic mass is 16.5. The lowest BCUT2D eigenvalue weighted by Crippen LogP contribution is -2.48. The standard InChI is InChI=1S/C18H28N2O3/c1-14(2)23-16(21)11-15-7-6-10-20(12-15)17(22)18(13-19)8-4-3-5-9-18/h14-15H,3-12H2,1-2H3/t15-/m0/s1. The van der Waals surface area contributed by atoms with Gasteiger partial charge in [-0.05, 0) is 45.4 Å². The second-order valence-corrected chi connectivity index (χ2v) is 7.26. The zero-order valence-corrected chi connectivity index (χ0v) is 14.3. The first-order valence-electron chi connectivity index (χ1n) is 8.87. The van der Waals surface area contributed by atoms with Gasteiger partial charge in [-0.1, -0.05) is 19.3 Å². The van der Waals surface area contributed by atoms with Gasteiger partial charge in [-0.3, -0.25) is 9.59 Å². The highest BCUT2D eigenvalue weighted by molar-refractivity contribution is 5.85. The fraction of sp³-hybridized carbons (Fsp3) is 0.833. The number of nitrogens with zero attached hydrogens (tertiary/aromatic N) is 2. The monoisotopic (exact) mass is 320 g/mol. The van der Waals surface area contributed by atoms with Crippen molar-refractivity contribution in [3.63, 3.8) is 0 Å². The number of rotatable bonds is 4. The minimum Gasteiger partial charge on any atom is -0.463 e. The molecule has 1 heterocycles. The lowest BCUT2D eigenvalue weighted by atomic mass is 9.73. The smallest absolute Gasteiger partial charge is 0.306 e. The molecule has 5 heteroatoms. The van der Waals surface area contributed by atoms with Gasteiger partial charge < -0.3 is 9.64 Å². The van der Waals surface area contributed by atoms with Gasteiger partial charge in [-0.25, -0.2) is 0 Å². The first kappa shape index (κ1) is 17.8. The van der Waals surface area contributed by atoms with E-state index in [1.54, 1.807) is 0 Å². The molecular weight excluding hydrogens is 292 g/mol. The van der Waals surface area contributed by atoms with E-state index in [1.165, 1.54) is 0 Å². The van der Waals surface area contributed by atoms with Gasteiger partial charge in [-0.2, -0.15) is 5.26 Å². The van der Waals surface area contributed by atoms with E-state index in [-0.39, 0.29) is 23.9 Å². The van der Waals surface area contributed by atoms with E-state index < -0.39 is 5.41 Å². The Morgan fingerprint density at radius 3 is 2.57 bits per heavy atom. The largest absolute Gasteiger partial charge is 0.463 e. The normalized spacial score (nSPS) is 24.1. The Labute approximate surface area is 139 Å². The third-order valence-electron chi connectivity index (χ3n) is 4.96. The fourth-order valence-corrected chi connectivity index (χ4v) is 3.79. The molecule has 1 atom stereocenters. The third-order valence-corrected chi connectivity index (χ3v) is 4.96. The van der Waals surface area contributed by atoms with Crippen LogP contribution in [0.15, 0.2) is 0 Å². The lowest BCUT2D eigenvalue weighted by molar-refractivity contribution is -0.151. The van der Waals surface area contributed by atoms with Crippen LogP contribution in [-0.4, -0.2) is 36.0 Å². The van der Waals surface area contributed by atoms with Crippen LogP contribution in [0.4, 0.5) is 0 Å². The topological polar surface area (TPSA) is 70.4 Å². The summed E-state index contributed by atoms with van der Waals surface area (Å²) in [5.74, 6) is -0.0492. The number of carbonyl (C=O) groups excluding carboxylic acids is 2. The van der Waals surface area contributed by atoms with Crippen molar-refractivity contribution in [1.82, 2.24) is 4.90 Å². The van der Waals surface area contributed by atoms with E-state index in [4.69, 9.17) is 4.74 Å². The van der Waals surface area contributed by atoms with Crippen LogP contribution in [0.25, 0.3) is 0 Å². The molecule has 1 saturated carbocycles. The van der Waals surface area contributed by atoms with E-state index in [9.17, 15) is 14.9 Å². The predicted molar refractivity (Wildman–Crippen MR) is 86.3 cm³/mol. The van der Waals surface area contributed by atoms with Gasteiger partial charge in [-0.15, -0.1) is 0 Å². The summed E-state index contributed by atoms with van der Waals surface area (Å²) in [6.45, 7) is 4.97. The molecule has 2 rings (SSSR count). The molecule has 23 heavy (non-hydrogen) atoms. The highest BCUT2D eigenvalue weighted by Crippen LogP contribution is 2.38. The number of hydrogen-bond acceptors (Lipinski definition) is 4. The molecule has 0 spiro atoms. The number of hydrogen-bond donors (Lipinski definition) is 0. The minimum atomic E-state index is -0.821. The second-order valence-electron chi connectivity index (χ2n) is 7.26. The Morgan fingerprint density at radius 2 is 1.96 bits per heavy atom. The first-order chi connectivity index (χ1) is 11.0. The van der Waals surface area contributed by atoms with Crippen molar-refractivity contribution in [3.05, 3.63) is 0 Å². The molecule has 0 unspecified atom stereocenters. The second kappa shape index (κ2) is 7.81. The van der Waals surface area contributed by atoms with Crippen molar-refractivity contribution in [1.29, 1.82) is 5.26 Å². The van der Waals surface area contributed by atoms with Crippen LogP contribution in [0.2, 0.25) is 0 Å². The van der Waals surface area contributed by atoms with Gasteiger partial charge in [0, 0.05) is 13.1 Å². The number of piperidine rings is 1. The van der Waals surface area contributed by atoms with Crippen LogP contribution in [0.3, 0.4) is 0 Å². The summed E-state index contributed by atoms with van der Waals surface area (Å²) < 4.78 is 5.21. The number of likely N-dealkylation sites (tertiary alicyclic amines) is 1. The summed E-state index contributed by atoms with van der Waals surface area (Å²) in [5, 5.41) is 9.58. The number of nitriles is 1. The van der Waals surface area contributed by atoms with Crippen LogP contribution >= 0.6 is 0 Å². The Morgan fingerprint density at radius 1 is 1.26 bits per heavy atom. The van der Waals surface area contributed by atoms with Crippen LogP contribution in [0.1, 0.15) is 65.2 Å². The van der Waals surface area contributed by atoms with Crippen molar-refractivity contribution < 1.29 is 14.3 Å². The number of ether oxygens (including phenoxy) is 1. The van der Waals surface area contributed by atoms with Gasteiger partial charge in [0.2, 0.25) is 5.91 Å². The Bertz CT molecular complexity index is 475. The average molecular weight is 320 g/mol. The summed E-state index contributed by atoms with van der Waals surface area (Å²) >= 11 is 0. The molecule has 2 fully saturated rings. The molecule has 2 aliphatic rings. The molecule has 0 N–H and O–H groups in total. The summed E-state index contributed by atoms with van der Waals surface area (Å²) in [7, 11) is 0. The van der Waals surface area contributed by atoms with Gasteiger partial charge in [0.05, 0.1) is 18.6 Å².